The fraction of sp³-hybridized carbons (Fsp3) is 0.278. The van der Waals surface area contributed by atoms with Crippen LogP contribution >= 0.6 is 11.6 Å². The van der Waals surface area contributed by atoms with Gasteiger partial charge in [0, 0.05) is 38.3 Å². The fourth-order valence-corrected chi connectivity index (χ4v) is 3.41. The second-order valence-electron chi connectivity index (χ2n) is 6.31. The normalized spacial score (nSPS) is 13.9. The molecule has 152 valence electrons. The van der Waals surface area contributed by atoms with E-state index in [4.69, 9.17) is 16.3 Å². The zero-order valence-electron chi connectivity index (χ0n) is 15.4. The number of nitrogens with zero attached hydrogens (tertiary/aromatic N) is 4. The molecule has 0 aliphatic carbocycles. The van der Waals surface area contributed by atoms with Gasteiger partial charge in [-0.15, -0.1) is 0 Å². The number of nitro groups is 2. The summed E-state index contributed by atoms with van der Waals surface area (Å²) in [6.07, 6.45) is 0. The molecule has 29 heavy (non-hydrogen) atoms. The van der Waals surface area contributed by atoms with Crippen LogP contribution in [0.1, 0.15) is 10.4 Å². The molecule has 11 heteroatoms. The molecular weight excluding hydrogens is 404 g/mol. The highest BCUT2D eigenvalue weighted by molar-refractivity contribution is 6.34. The smallest absolute Gasteiger partial charge is 0.296 e. The monoisotopic (exact) mass is 420 g/mol. The van der Waals surface area contributed by atoms with Crippen LogP contribution in [0.25, 0.3) is 0 Å². The molecule has 1 heterocycles. The van der Waals surface area contributed by atoms with Gasteiger partial charge in [0.1, 0.15) is 11.4 Å². The molecule has 1 aliphatic rings. The third-order valence-corrected chi connectivity index (χ3v) is 4.99. The number of methoxy groups -OCH3 is 1. The molecule has 1 fully saturated rings. The number of hydrogen-bond donors (Lipinski definition) is 0. The zero-order chi connectivity index (χ0) is 21.1. The van der Waals surface area contributed by atoms with Gasteiger partial charge in [-0.3, -0.25) is 25.0 Å². The van der Waals surface area contributed by atoms with Gasteiger partial charge in [0.2, 0.25) is 0 Å². The molecule has 0 unspecified atom stereocenters. The van der Waals surface area contributed by atoms with E-state index in [2.05, 4.69) is 0 Å². The topological polar surface area (TPSA) is 119 Å². The fourth-order valence-electron chi connectivity index (χ4n) is 3.16. The van der Waals surface area contributed by atoms with Crippen LogP contribution in [0.2, 0.25) is 5.02 Å². The molecule has 1 aliphatic heterocycles. The Hall–Kier alpha value is -3.40. The third kappa shape index (κ3) is 4.21. The number of piperazine rings is 1. The average molecular weight is 421 g/mol. The first-order valence-electron chi connectivity index (χ1n) is 8.62. The summed E-state index contributed by atoms with van der Waals surface area (Å²) in [5, 5.41) is 22.2. The van der Waals surface area contributed by atoms with Crippen molar-refractivity contribution in [2.45, 2.75) is 0 Å². The molecule has 0 spiro atoms. The van der Waals surface area contributed by atoms with Crippen LogP contribution < -0.4 is 9.64 Å². The van der Waals surface area contributed by atoms with Crippen molar-refractivity contribution in [2.75, 3.05) is 38.2 Å². The molecule has 2 aromatic rings. The first-order valence-corrected chi connectivity index (χ1v) is 9.00. The van der Waals surface area contributed by atoms with E-state index in [9.17, 15) is 25.0 Å². The minimum Gasteiger partial charge on any atom is -0.496 e. The number of anilines is 1. The van der Waals surface area contributed by atoms with Crippen molar-refractivity contribution in [1.29, 1.82) is 0 Å². The Kier molecular flexibility index (Phi) is 5.83. The molecular formula is C18H17ClN4O6. The van der Waals surface area contributed by atoms with Gasteiger partial charge in [-0.2, -0.15) is 0 Å². The van der Waals surface area contributed by atoms with E-state index in [1.165, 1.54) is 25.3 Å². The largest absolute Gasteiger partial charge is 0.496 e. The Morgan fingerprint density at radius 1 is 1.03 bits per heavy atom. The first kappa shape index (κ1) is 20.3. The van der Waals surface area contributed by atoms with Crippen molar-refractivity contribution in [3.05, 3.63) is 67.2 Å². The standard InChI is InChI=1S/C18H17ClN4O6/c1-29-13-3-5-16(17(11-13)23(27)28)20-6-8-21(9-7-20)18(24)14-4-2-12(22(25)26)10-15(14)19/h2-5,10-11H,6-9H2,1H3. The maximum atomic E-state index is 12.7. The quantitative estimate of drug-likeness (QED) is 0.538. The number of nitro benzene ring substituents is 2. The summed E-state index contributed by atoms with van der Waals surface area (Å²) in [6, 6.07) is 8.35. The van der Waals surface area contributed by atoms with Crippen molar-refractivity contribution >= 4 is 34.6 Å². The molecule has 0 N–H and O–H groups in total. The minimum atomic E-state index is -0.583. The predicted molar refractivity (Wildman–Crippen MR) is 106 cm³/mol. The summed E-state index contributed by atoms with van der Waals surface area (Å²) in [5.41, 5.74) is 0.378. The van der Waals surface area contributed by atoms with E-state index in [1.54, 1.807) is 17.0 Å². The molecule has 0 atom stereocenters. The minimum absolute atomic E-state index is 0.0115. The number of hydrogen-bond acceptors (Lipinski definition) is 7. The van der Waals surface area contributed by atoms with E-state index in [1.807, 2.05) is 4.90 Å². The van der Waals surface area contributed by atoms with Gasteiger partial charge in [-0.1, -0.05) is 11.6 Å². The number of carbonyl (C=O) groups excluding carboxylic acids is 1. The Balaban J connectivity index is 1.73. The molecule has 3 rings (SSSR count). The molecule has 10 nitrogen and oxygen atoms in total. The summed E-state index contributed by atoms with van der Waals surface area (Å²) < 4.78 is 5.05. The summed E-state index contributed by atoms with van der Waals surface area (Å²) in [4.78, 5) is 37.3. The van der Waals surface area contributed by atoms with Crippen molar-refractivity contribution in [1.82, 2.24) is 4.90 Å². The molecule has 0 bridgehead atoms. The van der Waals surface area contributed by atoms with Gasteiger partial charge in [0.05, 0.1) is 33.6 Å². The van der Waals surface area contributed by atoms with Crippen LogP contribution in [0.3, 0.4) is 0 Å². The lowest BCUT2D eigenvalue weighted by molar-refractivity contribution is -0.384. The van der Waals surface area contributed by atoms with Crippen LogP contribution in [-0.2, 0) is 0 Å². The Morgan fingerprint density at radius 2 is 1.72 bits per heavy atom. The molecule has 0 saturated carbocycles. The Labute approximate surface area is 170 Å². The van der Waals surface area contributed by atoms with E-state index in [0.717, 1.165) is 6.07 Å². The summed E-state index contributed by atoms with van der Waals surface area (Å²) in [7, 11) is 1.44. The third-order valence-electron chi connectivity index (χ3n) is 4.68. The molecule has 1 saturated heterocycles. The van der Waals surface area contributed by atoms with E-state index in [-0.39, 0.29) is 27.9 Å². The van der Waals surface area contributed by atoms with Crippen molar-refractivity contribution in [2.24, 2.45) is 0 Å². The average Bonchev–Trinajstić information content (AvgIpc) is 2.72. The maximum Gasteiger partial charge on any atom is 0.296 e. The summed E-state index contributed by atoms with van der Waals surface area (Å²) >= 11 is 6.05. The second-order valence-corrected chi connectivity index (χ2v) is 6.72. The van der Waals surface area contributed by atoms with Crippen LogP contribution in [0.15, 0.2) is 36.4 Å². The molecule has 2 aromatic carbocycles. The number of rotatable bonds is 5. The second kappa shape index (κ2) is 8.31. The van der Waals surface area contributed by atoms with Crippen molar-refractivity contribution < 1.29 is 19.4 Å². The summed E-state index contributed by atoms with van der Waals surface area (Å²) in [5.74, 6) is 0.0517. The highest BCUT2D eigenvalue weighted by atomic mass is 35.5. The van der Waals surface area contributed by atoms with Crippen LogP contribution in [0.4, 0.5) is 17.1 Å². The number of ether oxygens (including phenoxy) is 1. The highest BCUT2D eigenvalue weighted by Crippen LogP contribution is 2.33. The van der Waals surface area contributed by atoms with Gasteiger partial charge >= 0.3 is 0 Å². The van der Waals surface area contributed by atoms with Crippen molar-refractivity contribution in [3.8, 4) is 5.75 Å². The SMILES string of the molecule is COc1ccc(N2CCN(C(=O)c3ccc([N+](=O)[O-])cc3Cl)CC2)c([N+](=O)[O-])c1. The van der Waals surface area contributed by atoms with E-state index in [0.29, 0.717) is 37.6 Å². The van der Waals surface area contributed by atoms with Gasteiger partial charge in [0.25, 0.3) is 17.3 Å². The highest BCUT2D eigenvalue weighted by Gasteiger charge is 2.28. The summed E-state index contributed by atoms with van der Waals surface area (Å²) in [6.45, 7) is 1.44. The molecule has 0 aromatic heterocycles. The number of halogens is 1. The number of non-ortho nitro benzene ring substituents is 1. The molecule has 1 amide bonds. The maximum absolute atomic E-state index is 12.7. The lowest BCUT2D eigenvalue weighted by Gasteiger charge is -2.36. The van der Waals surface area contributed by atoms with Crippen LogP contribution in [-0.4, -0.2) is 53.9 Å². The lowest BCUT2D eigenvalue weighted by Crippen LogP contribution is -2.49. The van der Waals surface area contributed by atoms with Crippen LogP contribution in [0, 0.1) is 20.2 Å². The van der Waals surface area contributed by atoms with Gasteiger partial charge < -0.3 is 14.5 Å². The lowest BCUT2D eigenvalue weighted by atomic mass is 10.1. The zero-order valence-corrected chi connectivity index (χ0v) is 16.2. The number of carbonyl (C=O) groups is 1. The van der Waals surface area contributed by atoms with Gasteiger partial charge in [0.15, 0.2) is 0 Å². The van der Waals surface area contributed by atoms with Crippen LogP contribution in [0.5, 0.6) is 5.75 Å². The van der Waals surface area contributed by atoms with E-state index >= 15 is 0 Å². The number of benzene rings is 2. The van der Waals surface area contributed by atoms with Gasteiger partial charge in [-0.05, 0) is 18.2 Å². The first-order chi connectivity index (χ1) is 13.8. The van der Waals surface area contributed by atoms with Gasteiger partial charge in [-0.25, -0.2) is 0 Å². The Bertz CT molecular complexity index is 975. The Morgan fingerprint density at radius 3 is 2.28 bits per heavy atom. The number of amides is 1. The predicted octanol–water partition coefficient (Wildman–Crippen LogP) is 3.13. The van der Waals surface area contributed by atoms with Crippen molar-refractivity contribution in [3.63, 3.8) is 0 Å². The van der Waals surface area contributed by atoms with E-state index < -0.39 is 9.85 Å². The molecule has 0 radical (unpaired) electrons.